The first-order chi connectivity index (χ1) is 14.1. The predicted molar refractivity (Wildman–Crippen MR) is 117 cm³/mol. The monoisotopic (exact) mass is 420 g/mol. The number of aryl methyl sites for hydroxylation is 2. The van der Waals surface area contributed by atoms with Crippen molar-refractivity contribution in [1.29, 1.82) is 0 Å². The summed E-state index contributed by atoms with van der Waals surface area (Å²) in [5, 5.41) is 0.563. The molecule has 0 aliphatic carbocycles. The molecule has 0 spiro atoms. The summed E-state index contributed by atoms with van der Waals surface area (Å²) in [4.78, 5) is 31.8. The number of hydrogen-bond acceptors (Lipinski definition) is 4. The summed E-state index contributed by atoms with van der Waals surface area (Å²) in [6.45, 7) is 3.66. The third kappa shape index (κ3) is 2.58. The second-order valence-corrected chi connectivity index (χ2v) is 8.89. The Morgan fingerprint density at radius 1 is 0.733 bits per heavy atom. The van der Waals surface area contributed by atoms with E-state index in [1.54, 1.807) is 30.3 Å². The largest absolute Gasteiger partial charge is 0.354 e. The molecule has 3 N–H and O–H groups in total. The first-order valence-corrected chi connectivity index (χ1v) is 10.6. The van der Waals surface area contributed by atoms with Crippen molar-refractivity contribution in [3.63, 3.8) is 0 Å². The third-order valence-electron chi connectivity index (χ3n) is 5.38. The van der Waals surface area contributed by atoms with Gasteiger partial charge in [-0.2, -0.15) is 8.42 Å². The Morgan fingerprint density at radius 2 is 1.30 bits per heavy atom. The zero-order valence-corrected chi connectivity index (χ0v) is 16.8. The van der Waals surface area contributed by atoms with Gasteiger partial charge in [-0.1, -0.05) is 23.3 Å². The van der Waals surface area contributed by atoms with E-state index in [-0.39, 0.29) is 27.2 Å². The maximum atomic E-state index is 13.3. The molecule has 2 aromatic heterocycles. The SMILES string of the molecule is Cc1ccc2[nH]c3c(S(=O)(=O)O)c4c(=O)c5cc(C)ccc5[nH]c4cc3c(=O)c2c1. The van der Waals surface area contributed by atoms with E-state index in [1.807, 2.05) is 19.9 Å². The van der Waals surface area contributed by atoms with Gasteiger partial charge in [-0.05, 0) is 44.2 Å². The molecule has 0 saturated carbocycles. The fourth-order valence-corrected chi connectivity index (χ4v) is 4.89. The lowest BCUT2D eigenvalue weighted by molar-refractivity contribution is 0.485. The van der Waals surface area contributed by atoms with E-state index in [0.717, 1.165) is 11.1 Å². The van der Waals surface area contributed by atoms with Crippen LogP contribution in [0.4, 0.5) is 0 Å². The van der Waals surface area contributed by atoms with Crippen LogP contribution in [0.3, 0.4) is 0 Å². The lowest BCUT2D eigenvalue weighted by atomic mass is 10.0. The van der Waals surface area contributed by atoms with Crippen LogP contribution >= 0.6 is 0 Å². The van der Waals surface area contributed by atoms with Crippen molar-refractivity contribution in [2.45, 2.75) is 18.7 Å². The fraction of sp³-hybridized carbons (Fsp3) is 0.0909. The number of nitrogens with one attached hydrogen (secondary N) is 2. The van der Waals surface area contributed by atoms with Gasteiger partial charge in [0.25, 0.3) is 10.1 Å². The maximum Gasteiger partial charge on any atom is 0.297 e. The van der Waals surface area contributed by atoms with Crippen LogP contribution in [0.25, 0.3) is 43.6 Å². The molecule has 2 heterocycles. The number of benzene rings is 3. The van der Waals surface area contributed by atoms with E-state index < -0.39 is 20.4 Å². The van der Waals surface area contributed by atoms with Gasteiger partial charge in [-0.15, -0.1) is 0 Å². The highest BCUT2D eigenvalue weighted by Gasteiger charge is 2.24. The molecule has 0 aliphatic rings. The second kappa shape index (κ2) is 6.01. The number of pyridine rings is 2. The molecule has 0 radical (unpaired) electrons. The number of hydrogen-bond donors (Lipinski definition) is 3. The van der Waals surface area contributed by atoms with Crippen molar-refractivity contribution in [3.05, 3.63) is 74.0 Å². The summed E-state index contributed by atoms with van der Waals surface area (Å²) in [6.07, 6.45) is 0. The summed E-state index contributed by atoms with van der Waals surface area (Å²) in [5.41, 5.74) is 1.76. The van der Waals surface area contributed by atoms with Gasteiger partial charge in [-0.3, -0.25) is 14.1 Å². The molecule has 0 fully saturated rings. The van der Waals surface area contributed by atoms with Crippen molar-refractivity contribution in [3.8, 4) is 0 Å². The zero-order valence-electron chi connectivity index (χ0n) is 16.0. The quantitative estimate of drug-likeness (QED) is 0.283. The lowest BCUT2D eigenvalue weighted by Gasteiger charge is -2.12. The summed E-state index contributed by atoms with van der Waals surface area (Å²) in [6, 6.07) is 11.8. The van der Waals surface area contributed by atoms with Gasteiger partial charge < -0.3 is 9.97 Å². The van der Waals surface area contributed by atoms with Gasteiger partial charge in [0, 0.05) is 27.2 Å². The van der Waals surface area contributed by atoms with E-state index in [2.05, 4.69) is 9.97 Å². The van der Waals surface area contributed by atoms with Crippen LogP contribution in [0.15, 0.2) is 56.9 Å². The van der Waals surface area contributed by atoms with Gasteiger partial charge in [0.1, 0.15) is 4.90 Å². The molecule has 7 nitrogen and oxygen atoms in total. The van der Waals surface area contributed by atoms with Crippen LogP contribution in [0.5, 0.6) is 0 Å². The van der Waals surface area contributed by atoms with Gasteiger partial charge in [0.2, 0.25) is 0 Å². The molecular formula is C22H16N2O5S. The first kappa shape index (κ1) is 18.5. The van der Waals surface area contributed by atoms with Gasteiger partial charge in [0.05, 0.1) is 16.4 Å². The minimum Gasteiger partial charge on any atom is -0.354 e. The number of rotatable bonds is 1. The summed E-state index contributed by atoms with van der Waals surface area (Å²) < 4.78 is 34.8. The predicted octanol–water partition coefficient (Wildman–Crippen LogP) is 3.54. The first-order valence-electron chi connectivity index (χ1n) is 9.18. The highest BCUT2D eigenvalue weighted by Crippen LogP contribution is 2.30. The van der Waals surface area contributed by atoms with Crippen molar-refractivity contribution >= 4 is 53.7 Å². The Morgan fingerprint density at radius 3 is 1.90 bits per heavy atom. The van der Waals surface area contributed by atoms with Gasteiger partial charge in [-0.25, -0.2) is 0 Å². The Balaban J connectivity index is 2.15. The van der Waals surface area contributed by atoms with E-state index >= 15 is 0 Å². The molecule has 150 valence electrons. The molecule has 0 bridgehead atoms. The van der Waals surface area contributed by atoms with Crippen LogP contribution < -0.4 is 10.9 Å². The smallest absolute Gasteiger partial charge is 0.297 e. The molecule has 0 unspecified atom stereocenters. The molecule has 30 heavy (non-hydrogen) atoms. The molecular weight excluding hydrogens is 404 g/mol. The Kier molecular flexibility index (Phi) is 3.71. The number of H-pyrrole nitrogens is 2. The van der Waals surface area contributed by atoms with Gasteiger partial charge >= 0.3 is 0 Å². The van der Waals surface area contributed by atoms with Crippen LogP contribution in [0.1, 0.15) is 11.1 Å². The van der Waals surface area contributed by atoms with Crippen LogP contribution in [0.2, 0.25) is 0 Å². The van der Waals surface area contributed by atoms with E-state index in [9.17, 15) is 22.6 Å². The van der Waals surface area contributed by atoms with Crippen LogP contribution in [-0.4, -0.2) is 22.9 Å². The maximum absolute atomic E-state index is 13.3. The molecule has 8 heteroatoms. The van der Waals surface area contributed by atoms with Gasteiger partial charge in [0.15, 0.2) is 10.9 Å². The minimum absolute atomic E-state index is 0.0651. The summed E-state index contributed by atoms with van der Waals surface area (Å²) >= 11 is 0. The van der Waals surface area contributed by atoms with Crippen LogP contribution in [0, 0.1) is 13.8 Å². The highest BCUT2D eigenvalue weighted by atomic mass is 32.2. The standard InChI is InChI=1S/C22H16N2O5S/c1-10-4-6-16-12(7-10)20(25)14-9-17-18(22(19(14)24-16)30(27,28)29)21(26)13-8-11(2)3-5-15(13)23-17/h3-9H,1-2H3,(H,23,26)(H,24,25)(H,27,28,29). The van der Waals surface area contributed by atoms with E-state index in [4.69, 9.17) is 0 Å². The molecule has 5 aromatic rings. The normalized spacial score (nSPS) is 12.4. The Bertz CT molecular complexity index is 1780. The average molecular weight is 420 g/mol. The highest BCUT2D eigenvalue weighted by molar-refractivity contribution is 7.86. The molecule has 0 aliphatic heterocycles. The fourth-order valence-electron chi connectivity index (χ4n) is 4.01. The molecule has 0 atom stereocenters. The average Bonchev–Trinajstić information content (AvgIpc) is 2.68. The van der Waals surface area contributed by atoms with Crippen molar-refractivity contribution < 1.29 is 13.0 Å². The Labute approximate surface area is 169 Å². The molecule has 3 aromatic carbocycles. The third-order valence-corrected chi connectivity index (χ3v) is 6.30. The summed E-state index contributed by atoms with van der Waals surface area (Å²) in [7, 11) is -4.84. The van der Waals surface area contributed by atoms with E-state index in [1.165, 1.54) is 6.07 Å². The topological polar surface area (TPSA) is 120 Å². The Hall–Kier alpha value is -3.49. The minimum atomic E-state index is -4.84. The van der Waals surface area contributed by atoms with Crippen molar-refractivity contribution in [1.82, 2.24) is 9.97 Å². The van der Waals surface area contributed by atoms with Crippen molar-refractivity contribution in [2.24, 2.45) is 0 Å². The lowest BCUT2D eigenvalue weighted by Crippen LogP contribution is -2.14. The molecule has 5 rings (SSSR count). The number of aromatic nitrogens is 2. The van der Waals surface area contributed by atoms with E-state index in [0.29, 0.717) is 21.8 Å². The zero-order chi connectivity index (χ0) is 21.4. The summed E-state index contributed by atoms with van der Waals surface area (Å²) in [5.74, 6) is 0. The molecule has 0 amide bonds. The molecule has 0 saturated heterocycles. The number of fused-ring (bicyclic) bond motifs is 4. The van der Waals surface area contributed by atoms with Crippen LogP contribution in [-0.2, 0) is 10.1 Å². The number of aromatic amines is 2. The van der Waals surface area contributed by atoms with Crippen molar-refractivity contribution in [2.75, 3.05) is 0 Å². The second-order valence-electron chi connectivity index (χ2n) is 7.53.